The molecule has 1 atom stereocenters. The van der Waals surface area contributed by atoms with Crippen LogP contribution in [0.2, 0.25) is 0 Å². The molecule has 0 saturated carbocycles. The van der Waals surface area contributed by atoms with Crippen molar-refractivity contribution < 1.29 is 0 Å². The van der Waals surface area contributed by atoms with Gasteiger partial charge in [-0.25, -0.2) is 4.98 Å². The second kappa shape index (κ2) is 4.66. The first-order valence-corrected chi connectivity index (χ1v) is 5.63. The maximum Gasteiger partial charge on any atom is 0.151 e. The van der Waals surface area contributed by atoms with E-state index in [1.165, 1.54) is 12.8 Å². The molecule has 0 spiro atoms. The van der Waals surface area contributed by atoms with Gasteiger partial charge >= 0.3 is 0 Å². The normalized spacial score (nSPS) is 21.6. The largest absolute Gasteiger partial charge is 0.316 e. The van der Waals surface area contributed by atoms with E-state index in [0.717, 1.165) is 36.7 Å². The molecule has 4 heteroatoms. The summed E-state index contributed by atoms with van der Waals surface area (Å²) in [5, 5.41) is 11.7. The number of rotatable bonds is 2. The molecule has 2 heterocycles. The maximum atomic E-state index is 4.47. The van der Waals surface area contributed by atoms with Crippen molar-refractivity contribution in [3.63, 3.8) is 0 Å². The lowest BCUT2D eigenvalue weighted by Gasteiger charge is -2.21. The minimum atomic E-state index is 0.683. The van der Waals surface area contributed by atoms with Gasteiger partial charge in [-0.2, -0.15) is 5.10 Å². The van der Waals surface area contributed by atoms with Crippen molar-refractivity contribution in [3.8, 4) is 0 Å². The second-order valence-corrected chi connectivity index (χ2v) is 4.32. The number of hydrogen-bond acceptors (Lipinski definition) is 4. The van der Waals surface area contributed by atoms with Gasteiger partial charge in [-0.1, -0.05) is 0 Å². The molecule has 4 nitrogen and oxygen atoms in total. The molecule has 0 radical (unpaired) electrons. The van der Waals surface area contributed by atoms with Gasteiger partial charge < -0.3 is 5.32 Å². The molecule has 0 aromatic carbocycles. The fraction of sp³-hybridized carbons (Fsp3) is 0.727. The molecule has 1 unspecified atom stereocenters. The zero-order valence-corrected chi connectivity index (χ0v) is 9.45. The fourth-order valence-corrected chi connectivity index (χ4v) is 1.94. The van der Waals surface area contributed by atoms with Gasteiger partial charge in [-0.3, -0.25) is 0 Å². The monoisotopic (exact) mass is 206 g/mol. The molecule has 82 valence electrons. The van der Waals surface area contributed by atoms with Gasteiger partial charge in [0.2, 0.25) is 0 Å². The number of aromatic nitrogens is 3. The van der Waals surface area contributed by atoms with Crippen molar-refractivity contribution >= 4 is 0 Å². The average molecular weight is 206 g/mol. The van der Waals surface area contributed by atoms with Gasteiger partial charge in [0, 0.05) is 6.42 Å². The summed E-state index contributed by atoms with van der Waals surface area (Å²) < 4.78 is 0. The van der Waals surface area contributed by atoms with Crippen LogP contribution in [-0.2, 0) is 6.42 Å². The minimum Gasteiger partial charge on any atom is -0.316 e. The van der Waals surface area contributed by atoms with Gasteiger partial charge in [0.25, 0.3) is 0 Å². The highest BCUT2D eigenvalue weighted by atomic mass is 15.2. The third-order valence-electron chi connectivity index (χ3n) is 3.01. The Hall–Kier alpha value is -1.03. The number of aryl methyl sites for hydroxylation is 2. The van der Waals surface area contributed by atoms with Gasteiger partial charge in [0.15, 0.2) is 5.82 Å². The summed E-state index contributed by atoms with van der Waals surface area (Å²) in [5.74, 6) is 1.58. The molecule has 2 rings (SSSR count). The highest BCUT2D eigenvalue weighted by Crippen LogP contribution is 2.14. The first kappa shape index (κ1) is 10.5. The van der Waals surface area contributed by atoms with Crippen molar-refractivity contribution in [2.24, 2.45) is 5.92 Å². The van der Waals surface area contributed by atoms with E-state index in [0.29, 0.717) is 5.92 Å². The third-order valence-corrected chi connectivity index (χ3v) is 3.01. The third kappa shape index (κ3) is 2.72. The Labute approximate surface area is 90.5 Å². The van der Waals surface area contributed by atoms with E-state index in [1.807, 2.05) is 13.8 Å². The Bertz CT molecular complexity index is 331. The summed E-state index contributed by atoms with van der Waals surface area (Å²) in [6.45, 7) is 6.19. The van der Waals surface area contributed by atoms with Crippen LogP contribution < -0.4 is 5.32 Å². The summed E-state index contributed by atoms with van der Waals surface area (Å²) >= 11 is 0. The van der Waals surface area contributed by atoms with Crippen LogP contribution in [0.4, 0.5) is 0 Å². The summed E-state index contributed by atoms with van der Waals surface area (Å²) in [7, 11) is 0. The van der Waals surface area contributed by atoms with Crippen molar-refractivity contribution in [2.75, 3.05) is 13.1 Å². The number of piperidine rings is 1. The predicted octanol–water partition coefficient (Wildman–Crippen LogP) is 1.03. The molecule has 0 aliphatic carbocycles. The van der Waals surface area contributed by atoms with Crippen molar-refractivity contribution in [3.05, 3.63) is 17.2 Å². The summed E-state index contributed by atoms with van der Waals surface area (Å²) in [6.07, 6.45) is 3.51. The smallest absolute Gasteiger partial charge is 0.151 e. The van der Waals surface area contributed by atoms with E-state index in [1.54, 1.807) is 0 Å². The molecule has 1 aliphatic heterocycles. The standard InChI is InChI=1S/C11H18N4/c1-8-9(2)14-15-11(13-8)6-10-4-3-5-12-7-10/h10,12H,3-7H2,1-2H3. The first-order valence-electron chi connectivity index (χ1n) is 5.63. The Morgan fingerprint density at radius 2 is 2.13 bits per heavy atom. The van der Waals surface area contributed by atoms with E-state index in [2.05, 4.69) is 20.5 Å². The van der Waals surface area contributed by atoms with Crippen LogP contribution in [0.15, 0.2) is 0 Å². The van der Waals surface area contributed by atoms with Gasteiger partial charge in [0.1, 0.15) is 0 Å². The van der Waals surface area contributed by atoms with E-state index in [9.17, 15) is 0 Å². The molecule has 1 aliphatic rings. The molecule has 1 N–H and O–H groups in total. The molecule has 1 fully saturated rings. The Morgan fingerprint density at radius 3 is 2.80 bits per heavy atom. The van der Waals surface area contributed by atoms with Gasteiger partial charge in [-0.15, -0.1) is 5.10 Å². The van der Waals surface area contributed by atoms with Crippen molar-refractivity contribution in [1.29, 1.82) is 0 Å². The van der Waals surface area contributed by atoms with Gasteiger partial charge in [0.05, 0.1) is 11.4 Å². The quantitative estimate of drug-likeness (QED) is 0.785. The van der Waals surface area contributed by atoms with E-state index in [-0.39, 0.29) is 0 Å². The fourth-order valence-electron chi connectivity index (χ4n) is 1.94. The van der Waals surface area contributed by atoms with E-state index < -0.39 is 0 Å². The highest BCUT2D eigenvalue weighted by Gasteiger charge is 2.15. The summed E-state index contributed by atoms with van der Waals surface area (Å²) in [4.78, 5) is 4.47. The Balaban J connectivity index is 2.00. The molecule has 1 saturated heterocycles. The number of nitrogens with zero attached hydrogens (tertiary/aromatic N) is 3. The van der Waals surface area contributed by atoms with Crippen LogP contribution >= 0.6 is 0 Å². The van der Waals surface area contributed by atoms with Gasteiger partial charge in [-0.05, 0) is 45.7 Å². The lowest BCUT2D eigenvalue weighted by atomic mass is 9.96. The van der Waals surface area contributed by atoms with Crippen LogP contribution in [0.1, 0.15) is 30.1 Å². The molecule has 1 aromatic heterocycles. The molecular weight excluding hydrogens is 188 g/mol. The topological polar surface area (TPSA) is 50.7 Å². The first-order chi connectivity index (χ1) is 7.25. The van der Waals surface area contributed by atoms with Crippen LogP contribution in [0.25, 0.3) is 0 Å². The molecule has 0 bridgehead atoms. The maximum absolute atomic E-state index is 4.47. The Morgan fingerprint density at radius 1 is 1.27 bits per heavy atom. The Kier molecular flexibility index (Phi) is 3.26. The lowest BCUT2D eigenvalue weighted by Crippen LogP contribution is -2.31. The van der Waals surface area contributed by atoms with Crippen molar-refractivity contribution in [1.82, 2.24) is 20.5 Å². The molecule has 1 aromatic rings. The highest BCUT2D eigenvalue weighted by molar-refractivity contribution is 5.05. The van der Waals surface area contributed by atoms with Crippen LogP contribution in [0.5, 0.6) is 0 Å². The number of nitrogens with one attached hydrogen (secondary N) is 1. The minimum absolute atomic E-state index is 0.683. The summed E-state index contributed by atoms with van der Waals surface area (Å²) in [5.41, 5.74) is 1.93. The molecular formula is C11H18N4. The van der Waals surface area contributed by atoms with Crippen LogP contribution in [0, 0.1) is 19.8 Å². The van der Waals surface area contributed by atoms with Crippen LogP contribution in [0.3, 0.4) is 0 Å². The predicted molar refractivity (Wildman–Crippen MR) is 58.6 cm³/mol. The molecule has 0 amide bonds. The van der Waals surface area contributed by atoms with E-state index in [4.69, 9.17) is 0 Å². The number of hydrogen-bond donors (Lipinski definition) is 1. The average Bonchev–Trinajstić information content (AvgIpc) is 2.25. The van der Waals surface area contributed by atoms with Crippen LogP contribution in [-0.4, -0.2) is 28.3 Å². The zero-order valence-electron chi connectivity index (χ0n) is 9.45. The zero-order chi connectivity index (χ0) is 10.7. The van der Waals surface area contributed by atoms with Crippen molar-refractivity contribution in [2.45, 2.75) is 33.1 Å². The summed E-state index contributed by atoms with van der Waals surface area (Å²) in [6, 6.07) is 0. The van der Waals surface area contributed by atoms with E-state index >= 15 is 0 Å². The second-order valence-electron chi connectivity index (χ2n) is 4.32. The lowest BCUT2D eigenvalue weighted by molar-refractivity contribution is 0.369. The molecule has 15 heavy (non-hydrogen) atoms. The SMILES string of the molecule is Cc1nnc(CC2CCCNC2)nc1C.